The maximum Gasteiger partial charge on any atom is 0.264 e. The van der Waals surface area contributed by atoms with Gasteiger partial charge in [0, 0.05) is 25.6 Å². The van der Waals surface area contributed by atoms with Crippen molar-refractivity contribution in [3.8, 4) is 0 Å². The van der Waals surface area contributed by atoms with Gasteiger partial charge in [-0.2, -0.15) is 0 Å². The van der Waals surface area contributed by atoms with Crippen LogP contribution < -0.4 is 10.2 Å². The predicted octanol–water partition coefficient (Wildman–Crippen LogP) is 0.0942. The topological polar surface area (TPSA) is 88.9 Å². The molecule has 1 saturated heterocycles. The lowest BCUT2D eigenvalue weighted by Crippen LogP contribution is -2.37. The Balaban J connectivity index is 1.55. The van der Waals surface area contributed by atoms with E-state index < -0.39 is 6.10 Å². The number of anilines is 1. The predicted molar refractivity (Wildman–Crippen MR) is 79.5 cm³/mol. The van der Waals surface area contributed by atoms with Gasteiger partial charge in [0.05, 0.1) is 31.2 Å². The molecule has 0 saturated carbocycles. The fourth-order valence-corrected chi connectivity index (χ4v) is 2.38. The Morgan fingerprint density at radius 1 is 1.41 bits per heavy atom. The number of rotatable bonds is 4. The molecule has 1 aromatic heterocycles. The van der Waals surface area contributed by atoms with E-state index in [-0.39, 0.29) is 5.91 Å². The highest BCUT2D eigenvalue weighted by molar-refractivity contribution is 5.91. The van der Waals surface area contributed by atoms with Crippen molar-refractivity contribution in [2.75, 3.05) is 31.2 Å². The van der Waals surface area contributed by atoms with E-state index in [1.165, 1.54) is 6.33 Å². The van der Waals surface area contributed by atoms with Crippen molar-refractivity contribution in [2.45, 2.75) is 26.0 Å². The highest BCUT2D eigenvalue weighted by Gasteiger charge is 2.25. The van der Waals surface area contributed by atoms with Crippen LogP contribution in [-0.2, 0) is 20.9 Å². The summed E-state index contributed by atoms with van der Waals surface area (Å²) in [5, 5.41) is 6.60. The molecule has 1 fully saturated rings. The van der Waals surface area contributed by atoms with E-state index in [9.17, 15) is 4.79 Å². The van der Waals surface area contributed by atoms with Gasteiger partial charge >= 0.3 is 0 Å². The van der Waals surface area contributed by atoms with Crippen molar-refractivity contribution in [1.82, 2.24) is 15.3 Å². The van der Waals surface area contributed by atoms with Crippen molar-refractivity contribution in [3.63, 3.8) is 0 Å². The normalized spacial score (nSPS) is 21.2. The van der Waals surface area contributed by atoms with E-state index >= 15 is 0 Å². The molecule has 8 nitrogen and oxygen atoms in total. The molecule has 2 aliphatic heterocycles. The minimum atomic E-state index is -0.527. The minimum absolute atomic E-state index is 0.174. The van der Waals surface area contributed by atoms with Crippen LogP contribution in [0.3, 0.4) is 0 Å². The van der Waals surface area contributed by atoms with Crippen LogP contribution in [0.5, 0.6) is 0 Å². The second kappa shape index (κ2) is 6.69. The van der Waals surface area contributed by atoms with Gasteiger partial charge in [-0.05, 0) is 6.92 Å². The van der Waals surface area contributed by atoms with Crippen molar-refractivity contribution < 1.29 is 14.4 Å². The number of nitrogens with zero attached hydrogens (tertiary/aromatic N) is 4. The van der Waals surface area contributed by atoms with Gasteiger partial charge in [0.25, 0.3) is 5.91 Å². The van der Waals surface area contributed by atoms with Gasteiger partial charge in [-0.3, -0.25) is 4.79 Å². The Bertz CT molecular complexity index is 571. The van der Waals surface area contributed by atoms with Crippen molar-refractivity contribution in [1.29, 1.82) is 0 Å². The van der Waals surface area contributed by atoms with Crippen molar-refractivity contribution in [2.24, 2.45) is 5.16 Å². The Hall–Kier alpha value is -2.22. The van der Waals surface area contributed by atoms with Crippen LogP contribution in [0.4, 0.5) is 5.82 Å². The molecule has 1 atom stereocenters. The van der Waals surface area contributed by atoms with Crippen molar-refractivity contribution in [3.05, 3.63) is 18.1 Å². The summed E-state index contributed by atoms with van der Waals surface area (Å²) < 4.78 is 5.33. The first-order chi connectivity index (χ1) is 10.7. The van der Waals surface area contributed by atoms with E-state index in [2.05, 4.69) is 25.3 Å². The van der Waals surface area contributed by atoms with E-state index in [1.54, 1.807) is 0 Å². The van der Waals surface area contributed by atoms with Gasteiger partial charge < -0.3 is 19.8 Å². The van der Waals surface area contributed by atoms with Crippen molar-refractivity contribution >= 4 is 17.4 Å². The van der Waals surface area contributed by atoms with Crippen LogP contribution >= 0.6 is 0 Å². The number of hydrogen-bond acceptors (Lipinski definition) is 7. The second-order valence-electron chi connectivity index (χ2n) is 5.31. The average molecular weight is 305 g/mol. The largest absolute Gasteiger partial charge is 0.382 e. The summed E-state index contributed by atoms with van der Waals surface area (Å²) in [5.74, 6) is 0.686. The summed E-state index contributed by atoms with van der Waals surface area (Å²) in [5.41, 5.74) is 1.59. The number of ether oxygens (including phenoxy) is 1. The molecular weight excluding hydrogens is 286 g/mol. The zero-order valence-electron chi connectivity index (χ0n) is 12.5. The number of nitrogens with one attached hydrogen (secondary N) is 1. The SMILES string of the molecule is CC1=NO[C@@H](C(=O)NCc2cc(N3CCOCC3)ncn2)C1. The van der Waals surface area contributed by atoms with Gasteiger partial charge in [0.15, 0.2) is 0 Å². The molecule has 0 aliphatic carbocycles. The monoisotopic (exact) mass is 305 g/mol. The van der Waals surface area contributed by atoms with Gasteiger partial charge in [-0.15, -0.1) is 0 Å². The molecule has 1 N–H and O–H groups in total. The van der Waals surface area contributed by atoms with Crippen LogP contribution in [0.2, 0.25) is 0 Å². The number of hydrogen-bond donors (Lipinski definition) is 1. The first-order valence-corrected chi connectivity index (χ1v) is 7.33. The molecule has 1 amide bonds. The molecule has 3 heterocycles. The molecule has 118 valence electrons. The highest BCUT2D eigenvalue weighted by Crippen LogP contribution is 2.13. The van der Waals surface area contributed by atoms with Crippen LogP contribution in [0.15, 0.2) is 17.5 Å². The van der Waals surface area contributed by atoms with Crippen LogP contribution in [0.1, 0.15) is 19.0 Å². The molecule has 0 spiro atoms. The molecule has 0 unspecified atom stereocenters. The summed E-state index contributed by atoms with van der Waals surface area (Å²) in [6.45, 7) is 5.22. The Kier molecular flexibility index (Phi) is 4.47. The number of carbonyl (C=O) groups is 1. The number of morpholine rings is 1. The van der Waals surface area contributed by atoms with Gasteiger partial charge in [-0.1, -0.05) is 5.16 Å². The lowest BCUT2D eigenvalue weighted by molar-refractivity contribution is -0.131. The molecule has 3 rings (SSSR count). The highest BCUT2D eigenvalue weighted by atomic mass is 16.6. The molecule has 1 aromatic rings. The Labute approximate surface area is 128 Å². The standard InChI is InChI=1S/C14H19N5O3/c1-10-6-12(22-18-10)14(20)15-8-11-7-13(17-9-16-11)19-2-4-21-5-3-19/h7,9,12H,2-6,8H2,1H3,(H,15,20)/t12-/m1/s1. The zero-order chi connectivity index (χ0) is 15.4. The number of carbonyl (C=O) groups excluding carboxylic acids is 1. The fourth-order valence-electron chi connectivity index (χ4n) is 2.38. The third kappa shape index (κ3) is 3.51. The number of aromatic nitrogens is 2. The molecule has 0 aromatic carbocycles. The lowest BCUT2D eigenvalue weighted by Gasteiger charge is -2.27. The second-order valence-corrected chi connectivity index (χ2v) is 5.31. The smallest absolute Gasteiger partial charge is 0.264 e. The van der Waals surface area contributed by atoms with Crippen LogP contribution in [-0.4, -0.2) is 54.0 Å². The molecule has 0 radical (unpaired) electrons. The van der Waals surface area contributed by atoms with Gasteiger partial charge in [-0.25, -0.2) is 9.97 Å². The van der Waals surface area contributed by atoms with E-state index in [1.807, 2.05) is 13.0 Å². The van der Waals surface area contributed by atoms with E-state index in [4.69, 9.17) is 9.57 Å². The van der Waals surface area contributed by atoms with Gasteiger partial charge in [0.1, 0.15) is 12.1 Å². The lowest BCUT2D eigenvalue weighted by atomic mass is 10.2. The summed E-state index contributed by atoms with van der Waals surface area (Å²) in [6, 6.07) is 1.89. The number of amides is 1. The van der Waals surface area contributed by atoms with E-state index in [0.29, 0.717) is 26.2 Å². The van der Waals surface area contributed by atoms with Gasteiger partial charge in [0.2, 0.25) is 6.10 Å². The number of oxime groups is 1. The summed E-state index contributed by atoms with van der Waals surface area (Å²) in [7, 11) is 0. The van der Waals surface area contributed by atoms with Crippen LogP contribution in [0, 0.1) is 0 Å². The molecule has 22 heavy (non-hydrogen) atoms. The molecule has 8 heteroatoms. The summed E-state index contributed by atoms with van der Waals surface area (Å²) in [4.78, 5) is 27.6. The summed E-state index contributed by atoms with van der Waals surface area (Å²) >= 11 is 0. The Morgan fingerprint density at radius 2 is 2.23 bits per heavy atom. The average Bonchev–Trinajstić information content (AvgIpc) is 3.00. The fraction of sp³-hybridized carbons (Fsp3) is 0.571. The Morgan fingerprint density at radius 3 is 2.95 bits per heavy atom. The zero-order valence-corrected chi connectivity index (χ0v) is 12.5. The molecule has 0 bridgehead atoms. The summed E-state index contributed by atoms with van der Waals surface area (Å²) in [6.07, 6.45) is 1.53. The first-order valence-electron chi connectivity index (χ1n) is 7.33. The third-order valence-corrected chi connectivity index (χ3v) is 3.60. The molecule has 2 aliphatic rings. The van der Waals surface area contributed by atoms with Crippen LogP contribution in [0.25, 0.3) is 0 Å². The van der Waals surface area contributed by atoms with E-state index in [0.717, 1.165) is 30.3 Å². The maximum absolute atomic E-state index is 12.0. The minimum Gasteiger partial charge on any atom is -0.382 e. The molecular formula is C14H19N5O3. The third-order valence-electron chi connectivity index (χ3n) is 3.60. The maximum atomic E-state index is 12.0. The first kappa shape index (κ1) is 14.7. The quantitative estimate of drug-likeness (QED) is 0.848.